The number of benzene rings is 2. The molecule has 1 aliphatic carbocycles. The number of carboxylic acids is 1. The molecule has 0 saturated carbocycles. The van der Waals surface area contributed by atoms with E-state index in [4.69, 9.17) is 4.74 Å². The number of hydrogen-bond acceptors (Lipinski definition) is 7. The summed E-state index contributed by atoms with van der Waals surface area (Å²) in [5.41, 5.74) is 4.52. The molecule has 3 aromatic rings. The maximum absolute atomic E-state index is 12.6. The summed E-state index contributed by atoms with van der Waals surface area (Å²) in [6.07, 6.45) is -0.713. The Bertz CT molecular complexity index is 1160. The van der Waals surface area contributed by atoms with E-state index >= 15 is 0 Å². The molecule has 1 saturated heterocycles. The zero-order valence-corrected chi connectivity index (χ0v) is 19.0. The first-order valence-corrected chi connectivity index (χ1v) is 11.6. The number of carbonyl (C=O) groups excluding carboxylic acids is 1. The number of fused-ring (bicyclic) bond motifs is 3. The predicted molar refractivity (Wildman–Crippen MR) is 127 cm³/mol. The summed E-state index contributed by atoms with van der Waals surface area (Å²) in [6.45, 7) is 3.41. The van der Waals surface area contributed by atoms with Crippen molar-refractivity contribution in [3.63, 3.8) is 0 Å². The lowest BCUT2D eigenvalue weighted by atomic mass is 9.98. The molecule has 1 fully saturated rings. The molecule has 1 aromatic heterocycles. The number of carboxylic acid groups (broad SMARTS) is 1. The zero-order chi connectivity index (χ0) is 22.9. The molecular formula is C24H24N4O4S. The van der Waals surface area contributed by atoms with E-state index in [2.05, 4.69) is 27.3 Å². The summed E-state index contributed by atoms with van der Waals surface area (Å²) < 4.78 is 5.55. The molecule has 2 aromatic carbocycles. The maximum Gasteiger partial charge on any atom is 0.412 e. The van der Waals surface area contributed by atoms with Gasteiger partial charge < -0.3 is 19.6 Å². The molecule has 9 heteroatoms. The predicted octanol–water partition coefficient (Wildman–Crippen LogP) is 3.95. The van der Waals surface area contributed by atoms with Gasteiger partial charge in [-0.1, -0.05) is 59.9 Å². The van der Waals surface area contributed by atoms with Gasteiger partial charge in [-0.05, 0) is 29.3 Å². The third-order valence-corrected chi connectivity index (χ3v) is 7.25. The minimum absolute atomic E-state index is 0.00237. The summed E-state index contributed by atoms with van der Waals surface area (Å²) in [5.74, 6) is -1.17. The molecule has 8 nitrogen and oxygen atoms in total. The average molecular weight is 465 g/mol. The number of ether oxygens (including phenoxy) is 1. The van der Waals surface area contributed by atoms with Crippen molar-refractivity contribution in [2.75, 3.05) is 50.1 Å². The highest BCUT2D eigenvalue weighted by atomic mass is 32.1. The summed E-state index contributed by atoms with van der Waals surface area (Å²) in [4.78, 5) is 33.0. The number of carbonyl (C=O) groups is 2. The van der Waals surface area contributed by atoms with E-state index in [1.165, 1.54) is 0 Å². The Kier molecular flexibility index (Phi) is 5.74. The van der Waals surface area contributed by atoms with Crippen molar-refractivity contribution in [1.29, 1.82) is 0 Å². The number of nitrogens with one attached hydrogen (secondary N) is 1. The first kappa shape index (κ1) is 21.4. The van der Waals surface area contributed by atoms with Crippen LogP contribution in [0.4, 0.5) is 15.7 Å². The van der Waals surface area contributed by atoms with Crippen molar-refractivity contribution in [3.05, 3.63) is 64.5 Å². The van der Waals surface area contributed by atoms with Crippen LogP contribution in [0.5, 0.6) is 0 Å². The molecular weight excluding hydrogens is 440 g/mol. The van der Waals surface area contributed by atoms with E-state index in [1.54, 1.807) is 0 Å². The lowest BCUT2D eigenvalue weighted by Crippen LogP contribution is -2.44. The van der Waals surface area contributed by atoms with Crippen LogP contribution in [0.25, 0.3) is 11.1 Å². The molecule has 33 heavy (non-hydrogen) atoms. The first-order valence-electron chi connectivity index (χ1n) is 10.8. The minimum atomic E-state index is -1.12. The standard InChI is InChI=1S/C24H24N4O4S/c1-27-10-12-28(13-11-27)23-25-21(20(33-23)22(29)30)26-24(31)32-14-19-17-8-4-2-6-15(17)16-7-3-5-9-18(16)19/h2-9,19H,10-14H2,1H3,(H,26,31)(H,29,30). The molecule has 170 valence electrons. The van der Waals surface area contributed by atoms with Gasteiger partial charge in [0.25, 0.3) is 0 Å². The zero-order valence-electron chi connectivity index (χ0n) is 18.2. The summed E-state index contributed by atoms with van der Waals surface area (Å²) in [7, 11) is 2.05. The van der Waals surface area contributed by atoms with Crippen molar-refractivity contribution < 1.29 is 19.4 Å². The Labute approximate surface area is 195 Å². The molecule has 5 rings (SSSR count). The van der Waals surface area contributed by atoms with Crippen molar-refractivity contribution in [2.45, 2.75) is 5.92 Å². The number of nitrogens with zero attached hydrogens (tertiary/aromatic N) is 3. The Balaban J connectivity index is 1.29. The Hall–Kier alpha value is -3.43. The van der Waals surface area contributed by atoms with E-state index in [1.807, 2.05) is 48.3 Å². The van der Waals surface area contributed by atoms with Crippen LogP contribution in [0.1, 0.15) is 26.7 Å². The number of thiazole rings is 1. The molecule has 1 amide bonds. The van der Waals surface area contributed by atoms with Gasteiger partial charge in [-0.15, -0.1) is 0 Å². The minimum Gasteiger partial charge on any atom is -0.477 e. The second-order valence-corrected chi connectivity index (χ2v) is 9.20. The number of amides is 1. The molecule has 2 N–H and O–H groups in total. The summed E-state index contributed by atoms with van der Waals surface area (Å²) in [6, 6.07) is 16.2. The smallest absolute Gasteiger partial charge is 0.412 e. The number of anilines is 2. The number of rotatable bonds is 5. The molecule has 2 heterocycles. The van der Waals surface area contributed by atoms with Gasteiger partial charge in [0.05, 0.1) is 0 Å². The van der Waals surface area contributed by atoms with Crippen LogP contribution in [-0.2, 0) is 4.74 Å². The monoisotopic (exact) mass is 464 g/mol. The molecule has 0 radical (unpaired) electrons. The highest BCUT2D eigenvalue weighted by Crippen LogP contribution is 2.44. The Morgan fingerprint density at radius 3 is 2.27 bits per heavy atom. The lowest BCUT2D eigenvalue weighted by molar-refractivity contribution is 0.0703. The van der Waals surface area contributed by atoms with Gasteiger partial charge in [0, 0.05) is 32.1 Å². The Morgan fingerprint density at radius 2 is 1.67 bits per heavy atom. The highest BCUT2D eigenvalue weighted by molar-refractivity contribution is 7.18. The maximum atomic E-state index is 12.6. The van der Waals surface area contributed by atoms with E-state index in [9.17, 15) is 14.7 Å². The number of piperazine rings is 1. The van der Waals surface area contributed by atoms with Crippen molar-refractivity contribution in [3.8, 4) is 11.1 Å². The van der Waals surface area contributed by atoms with Crippen molar-refractivity contribution in [2.24, 2.45) is 0 Å². The van der Waals surface area contributed by atoms with Gasteiger partial charge in [0.2, 0.25) is 0 Å². The van der Waals surface area contributed by atoms with Crippen molar-refractivity contribution >= 4 is 34.3 Å². The average Bonchev–Trinajstić information content (AvgIpc) is 3.38. The first-order chi connectivity index (χ1) is 16.0. The van der Waals surface area contributed by atoms with E-state index in [0.29, 0.717) is 5.13 Å². The van der Waals surface area contributed by atoms with Crippen LogP contribution in [0, 0.1) is 0 Å². The number of aromatic carboxylic acids is 1. The van der Waals surface area contributed by atoms with Crippen LogP contribution in [-0.4, -0.2) is 66.9 Å². The lowest BCUT2D eigenvalue weighted by Gasteiger charge is -2.31. The van der Waals surface area contributed by atoms with Gasteiger partial charge >= 0.3 is 12.1 Å². The SMILES string of the molecule is CN1CCN(c2nc(NC(=O)OCC3c4ccccc4-c4ccccc43)c(C(=O)O)s2)CC1. The summed E-state index contributed by atoms with van der Waals surface area (Å²) in [5, 5.41) is 12.7. The van der Waals surface area contributed by atoms with Gasteiger partial charge in [0.15, 0.2) is 15.8 Å². The van der Waals surface area contributed by atoms with E-state index in [0.717, 1.165) is 59.8 Å². The van der Waals surface area contributed by atoms with Gasteiger partial charge in [-0.25, -0.2) is 14.6 Å². The number of hydrogen-bond donors (Lipinski definition) is 2. The van der Waals surface area contributed by atoms with Crippen LogP contribution >= 0.6 is 11.3 Å². The fourth-order valence-electron chi connectivity index (χ4n) is 4.40. The van der Waals surface area contributed by atoms with Gasteiger partial charge in [-0.2, -0.15) is 0 Å². The number of aromatic nitrogens is 1. The number of likely N-dealkylation sites (N-methyl/N-ethyl adjacent to an activating group) is 1. The quantitative estimate of drug-likeness (QED) is 0.590. The van der Waals surface area contributed by atoms with Gasteiger partial charge in [0.1, 0.15) is 6.61 Å². The molecule has 2 aliphatic rings. The van der Waals surface area contributed by atoms with Crippen LogP contribution in [0.3, 0.4) is 0 Å². The van der Waals surface area contributed by atoms with Crippen LogP contribution in [0.2, 0.25) is 0 Å². The van der Waals surface area contributed by atoms with Gasteiger partial charge in [-0.3, -0.25) is 5.32 Å². The fraction of sp³-hybridized carbons (Fsp3) is 0.292. The second kappa shape index (κ2) is 8.84. The van der Waals surface area contributed by atoms with E-state index in [-0.39, 0.29) is 23.2 Å². The molecule has 0 atom stereocenters. The van der Waals surface area contributed by atoms with Crippen molar-refractivity contribution in [1.82, 2.24) is 9.88 Å². The fourth-order valence-corrected chi connectivity index (χ4v) is 5.31. The third kappa shape index (κ3) is 4.17. The normalized spacial score (nSPS) is 15.7. The molecule has 0 spiro atoms. The highest BCUT2D eigenvalue weighted by Gasteiger charge is 2.30. The molecule has 0 bridgehead atoms. The van der Waals surface area contributed by atoms with Crippen LogP contribution in [0.15, 0.2) is 48.5 Å². The largest absolute Gasteiger partial charge is 0.477 e. The Morgan fingerprint density at radius 1 is 1.06 bits per heavy atom. The third-order valence-electron chi connectivity index (χ3n) is 6.15. The summed E-state index contributed by atoms with van der Waals surface area (Å²) >= 11 is 1.07. The second-order valence-electron chi connectivity index (χ2n) is 8.22. The molecule has 1 aliphatic heterocycles. The topological polar surface area (TPSA) is 95.0 Å². The van der Waals surface area contributed by atoms with Crippen LogP contribution < -0.4 is 10.2 Å². The van der Waals surface area contributed by atoms with E-state index < -0.39 is 12.1 Å². The molecule has 0 unspecified atom stereocenters.